The molecular weight excluding hydrogens is 404 g/mol. The average Bonchev–Trinajstić information content (AvgIpc) is 3.38. The number of aryl methyl sites for hydroxylation is 1. The summed E-state index contributed by atoms with van der Waals surface area (Å²) in [6, 6.07) is 5.91. The van der Waals surface area contributed by atoms with Gasteiger partial charge in [0.1, 0.15) is 10.6 Å². The van der Waals surface area contributed by atoms with Crippen molar-refractivity contribution in [2.75, 3.05) is 30.1 Å². The number of carboxylic acids is 1. The molecule has 2 aliphatic heterocycles. The zero-order valence-electron chi connectivity index (χ0n) is 16.6. The molecule has 0 atom stereocenters. The number of anilines is 2. The first kappa shape index (κ1) is 18.9. The second-order valence-electron chi connectivity index (χ2n) is 7.61. The first-order chi connectivity index (χ1) is 14.6. The minimum absolute atomic E-state index is 0.259. The van der Waals surface area contributed by atoms with Gasteiger partial charge >= 0.3 is 5.97 Å². The zero-order chi connectivity index (χ0) is 20.7. The van der Waals surface area contributed by atoms with Crippen LogP contribution in [0.4, 0.5) is 11.8 Å². The van der Waals surface area contributed by atoms with Crippen molar-refractivity contribution < 1.29 is 19.4 Å². The van der Waals surface area contributed by atoms with Crippen LogP contribution in [0.5, 0.6) is 11.5 Å². The molecule has 0 bridgehead atoms. The number of piperidine rings is 1. The van der Waals surface area contributed by atoms with Crippen LogP contribution >= 0.6 is 11.3 Å². The van der Waals surface area contributed by atoms with Gasteiger partial charge in [0.15, 0.2) is 11.5 Å². The predicted octanol–water partition coefficient (Wildman–Crippen LogP) is 3.64. The molecule has 2 N–H and O–H groups in total. The van der Waals surface area contributed by atoms with Gasteiger partial charge in [0, 0.05) is 19.6 Å². The van der Waals surface area contributed by atoms with E-state index in [2.05, 4.69) is 22.5 Å². The molecule has 30 heavy (non-hydrogen) atoms. The van der Waals surface area contributed by atoms with Crippen molar-refractivity contribution in [2.24, 2.45) is 5.92 Å². The fourth-order valence-electron chi connectivity index (χ4n) is 3.91. The van der Waals surface area contributed by atoms with E-state index in [1.54, 1.807) is 11.3 Å². The molecule has 0 saturated carbocycles. The number of aromatic nitrogens is 2. The minimum atomic E-state index is -0.717. The van der Waals surface area contributed by atoms with Gasteiger partial charge in [-0.15, -0.1) is 11.3 Å². The second kappa shape index (κ2) is 7.64. The van der Waals surface area contributed by atoms with Crippen LogP contribution < -0.4 is 19.7 Å². The number of benzene rings is 1. The maximum absolute atomic E-state index is 11.2. The number of thiophene rings is 1. The summed E-state index contributed by atoms with van der Waals surface area (Å²) in [7, 11) is 0. The van der Waals surface area contributed by atoms with E-state index in [1.807, 2.05) is 18.2 Å². The molecule has 2 aromatic heterocycles. The van der Waals surface area contributed by atoms with Crippen LogP contribution in [0.3, 0.4) is 0 Å². The number of nitrogens with zero attached hydrogens (tertiary/aromatic N) is 3. The third-order valence-electron chi connectivity index (χ3n) is 5.63. The van der Waals surface area contributed by atoms with Crippen molar-refractivity contribution in [3.8, 4) is 11.5 Å². The fraction of sp³-hybridized carbons (Fsp3) is 0.381. The number of hydrogen-bond acceptors (Lipinski definition) is 8. The normalized spacial score (nSPS) is 16.2. The molecule has 0 amide bonds. The van der Waals surface area contributed by atoms with Gasteiger partial charge in [0.05, 0.1) is 11.3 Å². The Morgan fingerprint density at radius 2 is 2.07 bits per heavy atom. The maximum atomic E-state index is 11.2. The molecular formula is C21H22N4O4S. The molecule has 2 aliphatic rings. The van der Waals surface area contributed by atoms with Crippen molar-refractivity contribution in [1.29, 1.82) is 0 Å². The van der Waals surface area contributed by atoms with Gasteiger partial charge in [-0.1, -0.05) is 6.07 Å². The van der Waals surface area contributed by atoms with E-state index < -0.39 is 5.97 Å². The highest BCUT2D eigenvalue weighted by atomic mass is 32.1. The van der Waals surface area contributed by atoms with Gasteiger partial charge in [0.25, 0.3) is 0 Å². The maximum Gasteiger partial charge on any atom is 0.306 e. The summed E-state index contributed by atoms with van der Waals surface area (Å²) >= 11 is 1.60. The molecule has 1 aromatic carbocycles. The first-order valence-corrected chi connectivity index (χ1v) is 10.8. The zero-order valence-corrected chi connectivity index (χ0v) is 17.4. The summed E-state index contributed by atoms with van der Waals surface area (Å²) in [5.74, 6) is 1.98. The fourth-order valence-corrected chi connectivity index (χ4v) is 4.82. The third-order valence-corrected chi connectivity index (χ3v) is 6.62. The smallest absolute Gasteiger partial charge is 0.306 e. The topological polar surface area (TPSA) is 96.8 Å². The summed E-state index contributed by atoms with van der Waals surface area (Å²) in [6.45, 7) is 4.21. The van der Waals surface area contributed by atoms with Gasteiger partial charge in [0.2, 0.25) is 12.7 Å². The van der Waals surface area contributed by atoms with Crippen molar-refractivity contribution >= 4 is 39.3 Å². The Labute approximate surface area is 177 Å². The van der Waals surface area contributed by atoms with Crippen LogP contribution in [0, 0.1) is 12.8 Å². The van der Waals surface area contributed by atoms with E-state index in [-0.39, 0.29) is 12.7 Å². The van der Waals surface area contributed by atoms with E-state index >= 15 is 0 Å². The van der Waals surface area contributed by atoms with E-state index in [1.165, 1.54) is 0 Å². The molecule has 0 spiro atoms. The predicted molar refractivity (Wildman–Crippen MR) is 115 cm³/mol. The number of rotatable bonds is 5. The summed E-state index contributed by atoms with van der Waals surface area (Å²) < 4.78 is 10.8. The molecule has 1 fully saturated rings. The standard InChI is InChI=1S/C21H22N4O4S/c1-12-10-30-19-17(12)18(22-9-13-2-3-15-16(8-13)29-11-28-15)23-21(24-19)25-6-4-14(5-7-25)20(26)27/h2-3,8,10,14H,4-7,9,11H2,1H3,(H,26,27)(H,22,23,24). The summed E-state index contributed by atoms with van der Waals surface area (Å²) in [6.07, 6.45) is 1.22. The number of ether oxygens (including phenoxy) is 2. The molecule has 0 radical (unpaired) electrons. The van der Waals surface area contributed by atoms with E-state index in [9.17, 15) is 9.90 Å². The minimum Gasteiger partial charge on any atom is -0.481 e. The first-order valence-electron chi connectivity index (χ1n) is 9.94. The quantitative estimate of drug-likeness (QED) is 0.638. The Bertz CT molecular complexity index is 1110. The number of fused-ring (bicyclic) bond motifs is 2. The molecule has 1 saturated heterocycles. The van der Waals surface area contributed by atoms with Crippen molar-refractivity contribution in [2.45, 2.75) is 26.3 Å². The van der Waals surface area contributed by atoms with Crippen LogP contribution in [0.25, 0.3) is 10.2 Å². The van der Waals surface area contributed by atoms with Crippen molar-refractivity contribution in [3.05, 3.63) is 34.7 Å². The van der Waals surface area contributed by atoms with Crippen molar-refractivity contribution in [1.82, 2.24) is 9.97 Å². The van der Waals surface area contributed by atoms with Gasteiger partial charge < -0.3 is 24.8 Å². The van der Waals surface area contributed by atoms with Crippen LogP contribution in [-0.2, 0) is 11.3 Å². The Kier molecular flexibility index (Phi) is 4.82. The molecule has 3 aromatic rings. The van der Waals surface area contributed by atoms with Crippen LogP contribution in [0.15, 0.2) is 23.6 Å². The summed E-state index contributed by atoms with van der Waals surface area (Å²) in [4.78, 5) is 23.8. The lowest BCUT2D eigenvalue weighted by atomic mass is 9.97. The van der Waals surface area contributed by atoms with E-state index in [4.69, 9.17) is 19.4 Å². The number of carbonyl (C=O) groups is 1. The number of nitrogens with one attached hydrogen (secondary N) is 1. The largest absolute Gasteiger partial charge is 0.481 e. The average molecular weight is 426 g/mol. The second-order valence-corrected chi connectivity index (χ2v) is 8.47. The highest BCUT2D eigenvalue weighted by Gasteiger charge is 2.26. The lowest BCUT2D eigenvalue weighted by Crippen LogP contribution is -2.37. The van der Waals surface area contributed by atoms with Gasteiger partial charge in [-0.05, 0) is 48.4 Å². The van der Waals surface area contributed by atoms with E-state index in [0.717, 1.165) is 38.7 Å². The van der Waals surface area contributed by atoms with Crippen LogP contribution in [0.1, 0.15) is 24.0 Å². The Morgan fingerprint density at radius 1 is 1.27 bits per heavy atom. The highest BCUT2D eigenvalue weighted by molar-refractivity contribution is 7.17. The number of hydrogen-bond donors (Lipinski definition) is 2. The third kappa shape index (κ3) is 3.49. The molecule has 8 nitrogen and oxygen atoms in total. The molecule has 5 rings (SSSR count). The number of carboxylic acid groups (broad SMARTS) is 1. The van der Waals surface area contributed by atoms with Crippen molar-refractivity contribution in [3.63, 3.8) is 0 Å². The van der Waals surface area contributed by atoms with E-state index in [0.29, 0.717) is 38.4 Å². The van der Waals surface area contributed by atoms with Crippen LogP contribution in [-0.4, -0.2) is 40.9 Å². The van der Waals surface area contributed by atoms with Gasteiger partial charge in [-0.25, -0.2) is 4.98 Å². The molecule has 0 aliphatic carbocycles. The SMILES string of the molecule is Cc1csc2nc(N3CCC(C(=O)O)CC3)nc(NCc3ccc4c(c3)OCO4)c12. The monoisotopic (exact) mass is 426 g/mol. The molecule has 0 unspecified atom stereocenters. The summed E-state index contributed by atoms with van der Waals surface area (Å²) in [5.41, 5.74) is 2.21. The Balaban J connectivity index is 1.39. The van der Waals surface area contributed by atoms with Crippen LogP contribution in [0.2, 0.25) is 0 Å². The number of aliphatic carboxylic acids is 1. The van der Waals surface area contributed by atoms with Gasteiger partial charge in [-0.2, -0.15) is 4.98 Å². The Morgan fingerprint density at radius 3 is 2.87 bits per heavy atom. The molecule has 9 heteroatoms. The lowest BCUT2D eigenvalue weighted by Gasteiger charge is -2.30. The summed E-state index contributed by atoms with van der Waals surface area (Å²) in [5, 5.41) is 15.8. The highest BCUT2D eigenvalue weighted by Crippen LogP contribution is 2.34. The lowest BCUT2D eigenvalue weighted by molar-refractivity contribution is -0.142. The van der Waals surface area contributed by atoms with Gasteiger partial charge in [-0.3, -0.25) is 4.79 Å². The molecule has 4 heterocycles. The molecule has 156 valence electrons. The Hall–Kier alpha value is -3.07.